The van der Waals surface area contributed by atoms with E-state index in [1.807, 2.05) is 115 Å². The Morgan fingerprint density at radius 1 is 0.755 bits per heavy atom. The van der Waals surface area contributed by atoms with Gasteiger partial charge in [-0.05, 0) is 48.4 Å². The minimum Gasteiger partial charge on any atom is -0.504 e. The highest BCUT2D eigenvalue weighted by Crippen LogP contribution is 2.52. The van der Waals surface area contributed by atoms with Crippen LogP contribution < -0.4 is 4.74 Å². The first-order valence-electron chi connectivity index (χ1n) is 16.7. The number of aliphatic hydroxyl groups excluding tert-OH is 1. The Morgan fingerprint density at radius 3 is 2.09 bits per heavy atom. The number of nitriles is 1. The maximum Gasteiger partial charge on any atom is 0.204 e. The van der Waals surface area contributed by atoms with Crippen molar-refractivity contribution in [1.29, 1.82) is 5.26 Å². The number of para-hydroxylation sites is 1. The summed E-state index contributed by atoms with van der Waals surface area (Å²) in [7, 11) is 1.30. The number of fused-ring (bicyclic) bond motifs is 3. The number of methoxy groups -OCH3 is 1. The van der Waals surface area contributed by atoms with E-state index in [4.69, 9.17) is 14.7 Å². The van der Waals surface area contributed by atoms with E-state index in [0.717, 1.165) is 33.1 Å². The molecule has 9 nitrogen and oxygen atoms in total. The first-order chi connectivity index (χ1) is 25.7. The summed E-state index contributed by atoms with van der Waals surface area (Å²) in [6, 6.07) is 40.4. The van der Waals surface area contributed by atoms with Crippen molar-refractivity contribution in [2.45, 2.75) is 13.5 Å². The molecule has 53 heavy (non-hydrogen) atoms. The third kappa shape index (κ3) is 6.14. The summed E-state index contributed by atoms with van der Waals surface area (Å²) in [5.74, 6) is -1.75. The van der Waals surface area contributed by atoms with Gasteiger partial charge in [0.15, 0.2) is 17.3 Å². The molecular weight excluding hydrogens is 665 g/mol. The molecule has 9 heteroatoms. The molecule has 0 unspecified atom stereocenters. The van der Waals surface area contributed by atoms with E-state index in [-0.39, 0.29) is 16.9 Å². The van der Waals surface area contributed by atoms with Gasteiger partial charge in [-0.3, -0.25) is 0 Å². The fourth-order valence-electron chi connectivity index (χ4n) is 6.67. The Kier molecular flexibility index (Phi) is 9.21. The van der Waals surface area contributed by atoms with E-state index < -0.39 is 23.9 Å². The smallest absolute Gasteiger partial charge is 0.204 e. The number of nitrogens with zero attached hydrogens (tertiary/aromatic N) is 4. The topological polar surface area (TPSA) is 144 Å². The number of phenolic OH excluding ortho intramolecular Hbond substituents is 3. The van der Waals surface area contributed by atoms with Crippen molar-refractivity contribution in [3.8, 4) is 45.9 Å². The summed E-state index contributed by atoms with van der Waals surface area (Å²) in [4.78, 5) is 9.97. The second kappa shape index (κ2) is 14.2. The van der Waals surface area contributed by atoms with Crippen molar-refractivity contribution in [2.24, 2.45) is 9.98 Å². The Morgan fingerprint density at radius 2 is 1.42 bits per heavy atom. The van der Waals surface area contributed by atoms with E-state index in [2.05, 4.69) is 12.6 Å². The zero-order chi connectivity index (χ0) is 37.2. The number of hydrogen-bond donors (Lipinski definition) is 4. The first-order valence-corrected chi connectivity index (χ1v) is 16.7. The van der Waals surface area contributed by atoms with Crippen LogP contribution >= 0.6 is 0 Å². The molecule has 4 N–H and O–H groups in total. The van der Waals surface area contributed by atoms with Crippen molar-refractivity contribution < 1.29 is 25.2 Å². The molecule has 0 aliphatic carbocycles. The molecule has 0 spiro atoms. The molecule has 0 radical (unpaired) electrons. The molecule has 0 amide bonds. The van der Waals surface area contributed by atoms with Gasteiger partial charge in [-0.25, -0.2) is 9.98 Å². The van der Waals surface area contributed by atoms with Crippen molar-refractivity contribution in [3.05, 3.63) is 156 Å². The third-order valence-electron chi connectivity index (χ3n) is 9.22. The second-order valence-electron chi connectivity index (χ2n) is 12.3. The highest BCUT2D eigenvalue weighted by atomic mass is 16.5. The molecule has 0 aliphatic heterocycles. The third-order valence-corrected chi connectivity index (χ3v) is 9.22. The van der Waals surface area contributed by atoms with Crippen LogP contribution in [0.4, 0.5) is 0 Å². The molecular formula is C44H34N4O5. The van der Waals surface area contributed by atoms with Gasteiger partial charge in [-0.2, -0.15) is 5.26 Å². The lowest BCUT2D eigenvalue weighted by molar-refractivity contribution is 0.267. The summed E-state index contributed by atoms with van der Waals surface area (Å²) in [6.45, 7) is 5.75. The molecule has 260 valence electrons. The first kappa shape index (κ1) is 34.3. The van der Waals surface area contributed by atoms with Crippen LogP contribution in [0, 0.1) is 11.3 Å². The number of hydrogen-bond acceptors (Lipinski definition) is 7. The van der Waals surface area contributed by atoms with Crippen LogP contribution in [0.15, 0.2) is 138 Å². The fourth-order valence-corrected chi connectivity index (χ4v) is 6.67. The molecule has 7 rings (SSSR count). The van der Waals surface area contributed by atoms with Crippen LogP contribution in [0.2, 0.25) is 0 Å². The van der Waals surface area contributed by atoms with Crippen LogP contribution in [0.1, 0.15) is 34.7 Å². The van der Waals surface area contributed by atoms with Gasteiger partial charge in [0.05, 0.1) is 47.8 Å². The molecule has 0 atom stereocenters. The van der Waals surface area contributed by atoms with Crippen LogP contribution in [0.3, 0.4) is 0 Å². The number of phenols is 3. The Labute approximate surface area is 305 Å². The van der Waals surface area contributed by atoms with Crippen LogP contribution in [-0.2, 0) is 6.61 Å². The fraction of sp³-hybridized carbons (Fsp3) is 0.0682. The Balaban J connectivity index is 1.48. The lowest BCUT2D eigenvalue weighted by Gasteiger charge is -2.18. The second-order valence-corrected chi connectivity index (χ2v) is 12.3. The molecule has 0 saturated heterocycles. The van der Waals surface area contributed by atoms with E-state index >= 15 is 0 Å². The average Bonchev–Trinajstić information content (AvgIpc) is 3.53. The quantitative estimate of drug-likeness (QED) is 0.0709. The van der Waals surface area contributed by atoms with E-state index in [0.29, 0.717) is 39.4 Å². The van der Waals surface area contributed by atoms with Gasteiger partial charge >= 0.3 is 0 Å². The number of aliphatic hydroxyl groups is 1. The number of aromatic nitrogens is 1. The SMILES string of the molecule is C=C(N=C(N=C(C)c1ccccc1)c1ccccc1)c1cc(C#N)ccc1-n1c2ccccc2c2ccc(-c3c(O)c(O)c(O)c(OC)c3CO)cc21. The van der Waals surface area contributed by atoms with Crippen LogP contribution in [-0.4, -0.2) is 43.7 Å². The minimum atomic E-state index is -0.766. The summed E-state index contributed by atoms with van der Waals surface area (Å²) < 4.78 is 7.35. The largest absolute Gasteiger partial charge is 0.504 e. The molecule has 0 aliphatic rings. The summed E-state index contributed by atoms with van der Waals surface area (Å²) >= 11 is 0. The maximum absolute atomic E-state index is 11.1. The number of benzene rings is 6. The minimum absolute atomic E-state index is 0.101. The van der Waals surface area contributed by atoms with E-state index in [9.17, 15) is 25.7 Å². The van der Waals surface area contributed by atoms with Gasteiger partial charge in [0, 0.05) is 38.7 Å². The monoisotopic (exact) mass is 698 g/mol. The molecule has 0 fully saturated rings. The molecule has 6 aromatic carbocycles. The predicted octanol–water partition coefficient (Wildman–Crippen LogP) is 8.87. The molecule has 0 saturated carbocycles. The number of amidine groups is 1. The highest BCUT2D eigenvalue weighted by Gasteiger charge is 2.26. The van der Waals surface area contributed by atoms with Crippen LogP contribution in [0.25, 0.3) is 44.3 Å². The molecule has 7 aromatic rings. The van der Waals surface area contributed by atoms with Crippen LogP contribution in [0.5, 0.6) is 23.0 Å². The normalized spacial score (nSPS) is 11.9. The lowest BCUT2D eigenvalue weighted by atomic mass is 9.95. The van der Waals surface area contributed by atoms with Gasteiger partial charge in [-0.15, -0.1) is 0 Å². The van der Waals surface area contributed by atoms with Crippen molar-refractivity contribution >= 4 is 39.1 Å². The maximum atomic E-state index is 11.1. The van der Waals surface area contributed by atoms with Gasteiger partial charge in [-0.1, -0.05) is 97.6 Å². The highest BCUT2D eigenvalue weighted by molar-refractivity contribution is 6.13. The Hall–Kier alpha value is -7.15. The van der Waals surface area contributed by atoms with E-state index in [1.54, 1.807) is 18.2 Å². The molecule has 1 heterocycles. The van der Waals surface area contributed by atoms with Crippen molar-refractivity contribution in [1.82, 2.24) is 4.57 Å². The number of rotatable bonds is 8. The predicted molar refractivity (Wildman–Crippen MR) is 209 cm³/mol. The number of aliphatic imine (C=N–C) groups is 2. The van der Waals surface area contributed by atoms with E-state index in [1.165, 1.54) is 7.11 Å². The number of ether oxygens (including phenoxy) is 1. The van der Waals surface area contributed by atoms with Gasteiger partial charge in [0.1, 0.15) is 0 Å². The average molecular weight is 699 g/mol. The van der Waals surface area contributed by atoms with Gasteiger partial charge in [0.25, 0.3) is 0 Å². The lowest BCUT2D eigenvalue weighted by Crippen LogP contribution is -2.05. The van der Waals surface area contributed by atoms with Crippen molar-refractivity contribution in [2.75, 3.05) is 7.11 Å². The molecule has 0 bridgehead atoms. The van der Waals surface area contributed by atoms with Gasteiger partial charge < -0.3 is 29.7 Å². The Bertz CT molecular complexity index is 2650. The summed E-state index contributed by atoms with van der Waals surface area (Å²) in [5, 5.41) is 54.4. The number of aromatic hydroxyl groups is 3. The molecule has 1 aromatic heterocycles. The zero-order valence-electron chi connectivity index (χ0n) is 28.9. The summed E-state index contributed by atoms with van der Waals surface area (Å²) in [5.41, 5.74) is 6.76. The summed E-state index contributed by atoms with van der Waals surface area (Å²) in [6.07, 6.45) is 0. The van der Waals surface area contributed by atoms with Crippen molar-refractivity contribution in [3.63, 3.8) is 0 Å². The standard InChI is InChI=1S/C44H34N4O5/c1-26(29-12-6-4-7-13-29)46-44(30-14-8-5-9-15-30)47-27(2)34-22-28(24-45)18-21-37(34)48-36-17-11-10-16-32(36)33-20-19-31(23-38(33)48)39-35(25-49)43(53-3)42(52)41(51)40(39)50/h4-23,49-52H,2,25H2,1,3H3. The zero-order valence-corrected chi connectivity index (χ0v) is 28.9. The van der Waals surface area contributed by atoms with Gasteiger partial charge in [0.2, 0.25) is 11.5 Å².